The summed E-state index contributed by atoms with van der Waals surface area (Å²) in [5.74, 6) is -1.21. The molecule has 0 aliphatic carbocycles. The first-order valence-electron chi connectivity index (χ1n) is 4.65. The van der Waals surface area contributed by atoms with Crippen LogP contribution in [0.1, 0.15) is 0 Å². The monoisotopic (exact) mass is 420 g/mol. The third-order valence-electron chi connectivity index (χ3n) is 2.08. The molecule has 0 saturated carbocycles. The summed E-state index contributed by atoms with van der Waals surface area (Å²) in [6.45, 7) is 0. The molecule has 1 aromatic rings. The fraction of sp³-hybridized carbons (Fsp3) is 0. The number of nitrogens with two attached hydrogens (primary N) is 1. The topological polar surface area (TPSA) is 54.1 Å². The molecule has 5 nitrogen and oxygen atoms in total. The fourth-order valence-corrected chi connectivity index (χ4v) is 14.5. The Labute approximate surface area is 136 Å². The summed E-state index contributed by atoms with van der Waals surface area (Å²) < 4.78 is 11.5. The van der Waals surface area contributed by atoms with E-state index in [-0.39, 0.29) is 8.88 Å². The van der Waals surface area contributed by atoms with Gasteiger partial charge in [-0.15, -0.1) is 0 Å². The quantitative estimate of drug-likeness (QED) is 0.348. The molecule has 1 unspecified atom stereocenters. The Balaban J connectivity index is 2.46. The van der Waals surface area contributed by atoms with Crippen molar-refractivity contribution in [2.45, 2.75) is 0 Å². The average Bonchev–Trinajstić information content (AvgIpc) is 2.34. The van der Waals surface area contributed by atoms with E-state index in [0.717, 1.165) is 8.51 Å². The van der Waals surface area contributed by atoms with Gasteiger partial charge in [0.2, 0.25) is 0 Å². The summed E-state index contributed by atoms with van der Waals surface area (Å²) in [6, 6.07) is 8.64. The van der Waals surface area contributed by atoms with E-state index in [0.29, 0.717) is 5.75 Å². The second kappa shape index (κ2) is 5.57. The molecule has 0 aromatic heterocycles. The first kappa shape index (κ1) is 16.8. The van der Waals surface area contributed by atoms with Crippen molar-refractivity contribution in [1.29, 1.82) is 0 Å². The van der Waals surface area contributed by atoms with E-state index in [1.807, 2.05) is 6.07 Å². The molecule has 2 rings (SSSR count). The van der Waals surface area contributed by atoms with E-state index in [1.165, 1.54) is 0 Å². The van der Waals surface area contributed by atoms with Gasteiger partial charge in [-0.2, -0.15) is 0 Å². The van der Waals surface area contributed by atoms with Crippen molar-refractivity contribution in [2.24, 2.45) is 10.4 Å². The number of halogens is 5. The number of benzene rings is 1. The zero-order valence-electron chi connectivity index (χ0n) is 9.00. The molecule has 19 heavy (non-hydrogen) atoms. The fourth-order valence-electron chi connectivity index (χ4n) is 1.19. The standard InChI is InChI=1S/C6H8Cl5N4OP3/c7-14-18(8,9)13-17-15(12)19(14,10,11)16-6-4-2-1-3-5-6/h1-5,17H,12H2. The van der Waals surface area contributed by atoms with Gasteiger partial charge < -0.3 is 0 Å². The Morgan fingerprint density at radius 2 is 1.84 bits per heavy atom. The Kier molecular flexibility index (Phi) is 4.93. The molecular formula is C6H8Cl5N4OP3. The molecule has 0 amide bonds. The van der Waals surface area contributed by atoms with Crippen LogP contribution in [-0.4, -0.2) is 8.51 Å². The van der Waals surface area contributed by atoms with Crippen LogP contribution in [0.15, 0.2) is 34.8 Å². The molecule has 108 valence electrons. The van der Waals surface area contributed by atoms with Gasteiger partial charge in [-0.3, -0.25) is 0 Å². The van der Waals surface area contributed by atoms with Gasteiger partial charge in [0.1, 0.15) is 0 Å². The number of nitrogens with zero attached hydrogens (tertiary/aromatic N) is 3. The number of hydrogen-bond donors (Lipinski definition) is 1. The molecule has 0 spiro atoms. The zero-order valence-corrected chi connectivity index (χ0v) is 15.6. The molecule has 0 saturated heterocycles. The molecule has 2 N–H and O–H groups in total. The number of rotatable bonds is 2. The summed E-state index contributed by atoms with van der Waals surface area (Å²) in [5.41, 5.74) is 0. The molecule has 1 aliphatic rings. The van der Waals surface area contributed by atoms with E-state index in [2.05, 4.69) is 4.52 Å². The van der Waals surface area contributed by atoms with Gasteiger partial charge >= 0.3 is 137 Å². The van der Waals surface area contributed by atoms with Crippen molar-refractivity contribution in [3.05, 3.63) is 30.3 Å². The van der Waals surface area contributed by atoms with E-state index >= 15 is 0 Å². The summed E-state index contributed by atoms with van der Waals surface area (Å²) in [6.07, 6.45) is 0. The SMILES string of the molecule is NN1PN=P(Cl)(Cl)N(Cl)P1(Cl)(Cl)Oc1ccccc1. The van der Waals surface area contributed by atoms with E-state index in [9.17, 15) is 0 Å². The Hall–Kier alpha value is 1.44. The Bertz CT molecular complexity index is 539. The van der Waals surface area contributed by atoms with Crippen LogP contribution in [0.3, 0.4) is 0 Å². The van der Waals surface area contributed by atoms with Crippen molar-refractivity contribution >= 4 is 77.4 Å². The van der Waals surface area contributed by atoms with Crippen LogP contribution in [0.4, 0.5) is 0 Å². The summed E-state index contributed by atoms with van der Waals surface area (Å²) in [5, 5.41) is 0. The van der Waals surface area contributed by atoms with Gasteiger partial charge in [-0.25, -0.2) is 0 Å². The predicted octanol–water partition coefficient (Wildman–Crippen LogP) is 6.25. The van der Waals surface area contributed by atoms with Crippen molar-refractivity contribution in [1.82, 2.24) is 8.51 Å². The van der Waals surface area contributed by atoms with Crippen LogP contribution in [0.5, 0.6) is 5.75 Å². The molecule has 0 radical (unpaired) electrons. The average molecular weight is 422 g/mol. The normalized spacial score (nSPS) is 29.1. The van der Waals surface area contributed by atoms with E-state index in [4.69, 9.17) is 67.1 Å². The first-order chi connectivity index (χ1) is 8.66. The zero-order chi connectivity index (χ0) is 14.3. The van der Waals surface area contributed by atoms with Crippen LogP contribution < -0.4 is 10.4 Å². The van der Waals surface area contributed by atoms with Gasteiger partial charge in [-0.1, -0.05) is 0 Å². The molecule has 0 bridgehead atoms. The van der Waals surface area contributed by atoms with Gasteiger partial charge in [0.05, 0.1) is 0 Å². The van der Waals surface area contributed by atoms with Crippen LogP contribution in [0.25, 0.3) is 0 Å². The van der Waals surface area contributed by atoms with Crippen LogP contribution in [0.2, 0.25) is 0 Å². The number of hydrazine groups is 1. The van der Waals surface area contributed by atoms with Crippen molar-refractivity contribution in [2.75, 3.05) is 0 Å². The number of hydrogen-bond acceptors (Lipinski definition) is 5. The second-order valence-corrected chi connectivity index (χ2v) is 17.7. The molecule has 1 heterocycles. The minimum atomic E-state index is -4.35. The first-order valence-corrected chi connectivity index (χ1v) is 13.3. The summed E-state index contributed by atoms with van der Waals surface area (Å²) >= 11 is 31.0. The summed E-state index contributed by atoms with van der Waals surface area (Å²) in [4.78, 5) is 0. The second-order valence-electron chi connectivity index (χ2n) is 3.40. The maximum atomic E-state index is 6.42. The molecule has 0 fully saturated rings. The van der Waals surface area contributed by atoms with Crippen LogP contribution >= 0.6 is 77.4 Å². The molecule has 1 aliphatic heterocycles. The molecular weight excluding hydrogens is 414 g/mol. The van der Waals surface area contributed by atoms with Crippen molar-refractivity contribution in [3.8, 4) is 5.75 Å². The number of para-hydroxylation sites is 1. The van der Waals surface area contributed by atoms with Gasteiger partial charge in [0.25, 0.3) is 0 Å². The molecule has 1 aromatic carbocycles. The van der Waals surface area contributed by atoms with Gasteiger partial charge in [0, 0.05) is 0 Å². The predicted molar refractivity (Wildman–Crippen MR) is 88.8 cm³/mol. The van der Waals surface area contributed by atoms with Crippen LogP contribution in [-0.2, 0) is 0 Å². The minimum absolute atomic E-state index is 0.348. The van der Waals surface area contributed by atoms with Crippen molar-refractivity contribution in [3.63, 3.8) is 0 Å². The third-order valence-corrected chi connectivity index (χ3v) is 17.9. The van der Waals surface area contributed by atoms with Gasteiger partial charge in [0.15, 0.2) is 0 Å². The van der Waals surface area contributed by atoms with Gasteiger partial charge in [-0.05, 0) is 0 Å². The molecule has 1 atom stereocenters. The third kappa shape index (κ3) is 3.13. The summed E-state index contributed by atoms with van der Waals surface area (Å²) in [7, 11) is -0.348. The Morgan fingerprint density at radius 3 is 2.42 bits per heavy atom. The Morgan fingerprint density at radius 1 is 1.26 bits per heavy atom. The maximum absolute atomic E-state index is 6.42. The molecule has 13 heteroatoms. The van der Waals surface area contributed by atoms with Crippen molar-refractivity contribution < 1.29 is 4.52 Å². The van der Waals surface area contributed by atoms with E-state index in [1.54, 1.807) is 24.3 Å². The van der Waals surface area contributed by atoms with E-state index < -0.39 is 11.7 Å². The van der Waals surface area contributed by atoms with Crippen LogP contribution in [0, 0.1) is 0 Å².